The van der Waals surface area contributed by atoms with Gasteiger partial charge < -0.3 is 14.2 Å². The Kier molecular flexibility index (Phi) is 64.3. The molecule has 1 unspecified atom stereocenters. The molecule has 1 atom stereocenters. The predicted molar refractivity (Wildman–Crippen MR) is 353 cm³/mol. The molecule has 0 aliphatic rings. The lowest BCUT2D eigenvalue weighted by Crippen LogP contribution is -2.30. The largest absolute Gasteiger partial charge is 0.462 e. The van der Waals surface area contributed by atoms with E-state index in [2.05, 4.69) is 148 Å². The van der Waals surface area contributed by atoms with Gasteiger partial charge in [-0.15, -0.1) is 0 Å². The van der Waals surface area contributed by atoms with Crippen LogP contribution in [0.1, 0.15) is 303 Å². The van der Waals surface area contributed by atoms with Crippen molar-refractivity contribution < 1.29 is 28.6 Å². The van der Waals surface area contributed by atoms with Crippen molar-refractivity contribution in [2.24, 2.45) is 0 Å². The van der Waals surface area contributed by atoms with E-state index in [4.69, 9.17) is 14.2 Å². The van der Waals surface area contributed by atoms with Crippen molar-refractivity contribution in [2.45, 2.75) is 309 Å². The first-order chi connectivity index (χ1) is 40.0. The second-order valence-electron chi connectivity index (χ2n) is 22.0. The summed E-state index contributed by atoms with van der Waals surface area (Å²) in [7, 11) is 0. The molecule has 0 heterocycles. The summed E-state index contributed by atoms with van der Waals surface area (Å²) in [6.07, 6.45) is 96.2. The van der Waals surface area contributed by atoms with E-state index >= 15 is 0 Å². The van der Waals surface area contributed by atoms with E-state index in [1.54, 1.807) is 0 Å². The molecule has 0 aromatic heterocycles. The van der Waals surface area contributed by atoms with E-state index in [0.717, 1.165) is 103 Å². The van der Waals surface area contributed by atoms with Gasteiger partial charge in [-0.05, 0) is 122 Å². The number of hydrogen-bond donors (Lipinski definition) is 0. The molecule has 0 aromatic carbocycles. The highest BCUT2D eigenvalue weighted by molar-refractivity contribution is 5.71. The van der Waals surface area contributed by atoms with Crippen LogP contribution in [0.5, 0.6) is 0 Å². The molecule has 0 radical (unpaired) electrons. The summed E-state index contributed by atoms with van der Waals surface area (Å²) in [6, 6.07) is 0. The molecular weight excluding hydrogens is 997 g/mol. The molecule has 0 bridgehead atoms. The van der Waals surface area contributed by atoms with Gasteiger partial charge in [-0.25, -0.2) is 0 Å². The van der Waals surface area contributed by atoms with Crippen LogP contribution in [0.2, 0.25) is 0 Å². The van der Waals surface area contributed by atoms with E-state index in [1.807, 2.05) is 6.08 Å². The normalized spacial score (nSPS) is 13.0. The first-order valence-electron chi connectivity index (χ1n) is 33.7. The predicted octanol–water partition coefficient (Wildman–Crippen LogP) is 23.3. The van der Waals surface area contributed by atoms with E-state index in [-0.39, 0.29) is 31.6 Å². The zero-order valence-electron chi connectivity index (χ0n) is 52.8. The van der Waals surface area contributed by atoms with E-state index in [9.17, 15) is 14.4 Å². The molecule has 0 fully saturated rings. The van der Waals surface area contributed by atoms with Crippen LogP contribution in [0.3, 0.4) is 0 Å². The maximum atomic E-state index is 12.9. The molecule has 0 spiro atoms. The van der Waals surface area contributed by atoms with Crippen molar-refractivity contribution in [1.29, 1.82) is 0 Å². The van der Waals surface area contributed by atoms with Gasteiger partial charge in [-0.1, -0.05) is 296 Å². The van der Waals surface area contributed by atoms with Crippen molar-refractivity contribution in [3.8, 4) is 0 Å². The number of carbonyl (C=O) groups is 3. The zero-order valence-corrected chi connectivity index (χ0v) is 52.8. The third kappa shape index (κ3) is 66.2. The quantitative estimate of drug-likeness (QED) is 0.0261. The van der Waals surface area contributed by atoms with Crippen LogP contribution in [0.4, 0.5) is 0 Å². The fraction of sp³-hybridized carbons (Fsp3) is 0.667. The third-order valence-electron chi connectivity index (χ3n) is 14.1. The van der Waals surface area contributed by atoms with Gasteiger partial charge in [-0.3, -0.25) is 14.4 Å². The van der Waals surface area contributed by atoms with Gasteiger partial charge in [-0.2, -0.15) is 0 Å². The first-order valence-corrected chi connectivity index (χ1v) is 33.7. The van der Waals surface area contributed by atoms with Gasteiger partial charge in [0.15, 0.2) is 6.10 Å². The van der Waals surface area contributed by atoms with Gasteiger partial charge in [0.2, 0.25) is 0 Å². The molecule has 81 heavy (non-hydrogen) atoms. The van der Waals surface area contributed by atoms with Gasteiger partial charge in [0.05, 0.1) is 0 Å². The zero-order chi connectivity index (χ0) is 58.5. The smallest absolute Gasteiger partial charge is 0.306 e. The fourth-order valence-electron chi connectivity index (χ4n) is 9.16. The van der Waals surface area contributed by atoms with Crippen LogP contribution in [-0.4, -0.2) is 37.2 Å². The third-order valence-corrected chi connectivity index (χ3v) is 14.1. The number of esters is 3. The number of rotatable bonds is 60. The second kappa shape index (κ2) is 68.1. The van der Waals surface area contributed by atoms with Crippen molar-refractivity contribution in [2.75, 3.05) is 13.2 Å². The van der Waals surface area contributed by atoms with Gasteiger partial charge >= 0.3 is 17.9 Å². The Bertz CT molecular complexity index is 1720. The Labute approximate surface area is 500 Å². The second-order valence-corrected chi connectivity index (χ2v) is 22.0. The minimum atomic E-state index is -0.826. The minimum Gasteiger partial charge on any atom is -0.462 e. The highest BCUT2D eigenvalue weighted by Crippen LogP contribution is 2.16. The number of ether oxygens (including phenoxy) is 3. The number of carbonyl (C=O) groups excluding carboxylic acids is 3. The summed E-state index contributed by atoms with van der Waals surface area (Å²) in [4.78, 5) is 38.4. The summed E-state index contributed by atoms with van der Waals surface area (Å²) < 4.78 is 16.9. The molecule has 460 valence electrons. The molecule has 0 aliphatic carbocycles. The van der Waals surface area contributed by atoms with Crippen molar-refractivity contribution in [1.82, 2.24) is 0 Å². The summed E-state index contributed by atoms with van der Waals surface area (Å²) >= 11 is 0. The average Bonchev–Trinajstić information content (AvgIpc) is 3.47. The Balaban J connectivity index is 4.45. The molecule has 6 nitrogen and oxygen atoms in total. The molecule has 0 amide bonds. The Morgan fingerprint density at radius 1 is 0.259 bits per heavy atom. The topological polar surface area (TPSA) is 78.9 Å². The van der Waals surface area contributed by atoms with Crippen LogP contribution in [0.25, 0.3) is 0 Å². The summed E-state index contributed by atoms with van der Waals surface area (Å²) in [5, 5.41) is 0. The average molecular weight is 1120 g/mol. The molecule has 0 aromatic rings. The van der Waals surface area contributed by atoms with Gasteiger partial charge in [0.25, 0.3) is 0 Å². The monoisotopic (exact) mass is 1120 g/mol. The fourth-order valence-corrected chi connectivity index (χ4v) is 9.16. The lowest BCUT2D eigenvalue weighted by atomic mass is 10.0. The first kappa shape index (κ1) is 76.5. The molecule has 0 rings (SSSR count). The Morgan fingerprint density at radius 3 is 0.815 bits per heavy atom. The highest BCUT2D eigenvalue weighted by Gasteiger charge is 2.19. The highest BCUT2D eigenvalue weighted by atomic mass is 16.6. The number of unbranched alkanes of at least 4 members (excludes halogenated alkanes) is 27. The number of allylic oxidation sites excluding steroid dienone is 22. The van der Waals surface area contributed by atoms with Crippen LogP contribution >= 0.6 is 0 Å². The Hall–Kier alpha value is -4.45. The van der Waals surface area contributed by atoms with Crippen LogP contribution < -0.4 is 0 Å². The molecule has 0 saturated heterocycles. The molecular formula is C75H124O6. The van der Waals surface area contributed by atoms with Gasteiger partial charge in [0.1, 0.15) is 13.2 Å². The summed E-state index contributed by atoms with van der Waals surface area (Å²) in [6.45, 7) is 6.37. The Morgan fingerprint density at radius 2 is 0.506 bits per heavy atom. The summed E-state index contributed by atoms with van der Waals surface area (Å²) in [5.74, 6) is -0.994. The lowest BCUT2D eigenvalue weighted by molar-refractivity contribution is -0.166. The van der Waals surface area contributed by atoms with Gasteiger partial charge in [0, 0.05) is 19.3 Å². The minimum absolute atomic E-state index is 0.112. The summed E-state index contributed by atoms with van der Waals surface area (Å²) in [5.41, 5.74) is 0. The maximum Gasteiger partial charge on any atom is 0.306 e. The van der Waals surface area contributed by atoms with Crippen LogP contribution in [0.15, 0.2) is 134 Å². The van der Waals surface area contributed by atoms with Crippen LogP contribution in [0, 0.1) is 0 Å². The van der Waals surface area contributed by atoms with E-state index in [0.29, 0.717) is 19.3 Å². The lowest BCUT2D eigenvalue weighted by Gasteiger charge is -2.18. The molecule has 0 N–H and O–H groups in total. The molecule has 0 saturated carbocycles. The van der Waals surface area contributed by atoms with Crippen molar-refractivity contribution in [3.63, 3.8) is 0 Å². The van der Waals surface area contributed by atoms with Crippen molar-refractivity contribution in [3.05, 3.63) is 134 Å². The maximum absolute atomic E-state index is 12.9. The van der Waals surface area contributed by atoms with Crippen molar-refractivity contribution >= 4 is 17.9 Å². The standard InChI is InChI=1S/C75H124O6/c1-4-7-10-13-16-19-22-25-28-31-34-35-36-37-38-39-42-44-47-50-53-56-59-62-65-68-74(77)80-71-72(81-75(78)69-66-63-60-57-54-51-48-45-41-33-30-27-24-21-18-15-12-9-6-3)70-79-73(76)67-64-61-58-55-52-49-46-43-40-32-29-26-23-20-17-14-11-8-5-2/h7,9-10,12,16,18-19,21,25-30,34-35,41,45,51,54,60,63,72H,4-6,8,11,13-15,17,20,22-24,31-33,36-40,42-44,46-50,52-53,55-59,61-62,64-71H2,1-3H3/b10-7-,12-9-,19-16-,21-18-,28-25-,29-26-,30-27-,35-34-,45-41-,54-51-,63-60-. The van der Waals surface area contributed by atoms with E-state index < -0.39 is 12.1 Å². The SMILES string of the molecule is CC/C=C\C/C=C\C/C=C\C/C=C\C/C=C\C/C=C\CCC(=O)OC(COC(=O)CCCCCCCCCCC/C=C\CCCCCCCC)COC(=O)CCCCCCCCCCCCCC/C=C\C/C=C\C/C=C\C/C=C\CC. The molecule has 6 heteroatoms. The molecule has 0 aliphatic heterocycles. The van der Waals surface area contributed by atoms with E-state index in [1.165, 1.54) is 154 Å². The van der Waals surface area contributed by atoms with Crippen LogP contribution in [-0.2, 0) is 28.6 Å². The number of hydrogen-bond acceptors (Lipinski definition) is 6.